The van der Waals surface area contributed by atoms with Crippen LogP contribution >= 0.6 is 0 Å². The summed E-state index contributed by atoms with van der Waals surface area (Å²) in [5, 5.41) is 2.94. The summed E-state index contributed by atoms with van der Waals surface area (Å²) in [6, 6.07) is 4.21. The van der Waals surface area contributed by atoms with Gasteiger partial charge in [0.2, 0.25) is 21.9 Å². The Balaban J connectivity index is 1.61. The molecule has 0 bridgehead atoms. The summed E-state index contributed by atoms with van der Waals surface area (Å²) in [7, 11) is -3.71. The van der Waals surface area contributed by atoms with Gasteiger partial charge < -0.3 is 14.8 Å². The fraction of sp³-hybridized carbons (Fsp3) is 0.500. The van der Waals surface area contributed by atoms with Gasteiger partial charge >= 0.3 is 0 Å². The molecule has 0 saturated carbocycles. The van der Waals surface area contributed by atoms with Crippen LogP contribution in [0.3, 0.4) is 0 Å². The zero-order chi connectivity index (χ0) is 22.4. The Morgan fingerprint density at radius 1 is 1.16 bits per heavy atom. The minimum absolute atomic E-state index is 0.000214. The highest BCUT2D eigenvalue weighted by atomic mass is 32.2. The number of hydrogen-bond donors (Lipinski definition) is 1. The zero-order valence-electron chi connectivity index (χ0n) is 17.8. The van der Waals surface area contributed by atoms with Crippen molar-refractivity contribution in [1.29, 1.82) is 0 Å². The Labute approximate surface area is 182 Å². The van der Waals surface area contributed by atoms with Gasteiger partial charge in [-0.25, -0.2) is 18.4 Å². The predicted octanol–water partition coefficient (Wildman–Crippen LogP) is 0.454. The van der Waals surface area contributed by atoms with Gasteiger partial charge in [-0.2, -0.15) is 4.31 Å². The molecule has 1 aliphatic rings. The van der Waals surface area contributed by atoms with Gasteiger partial charge in [-0.3, -0.25) is 9.59 Å². The third-order valence-electron chi connectivity index (χ3n) is 5.31. The molecule has 2 aromatic rings. The largest absolute Gasteiger partial charge is 0.352 e. The highest BCUT2D eigenvalue weighted by molar-refractivity contribution is 7.89. The standard InChI is InChI=1S/C20H28N6O4S/c1-3-26(4-2)31(29,30)17-6-7-19(28)25(14-17)15-18(27)23-16-8-12-24(13-9-16)20-21-10-5-11-22-20/h5-7,10-11,14,16H,3-4,8-9,12-13,15H2,1-2H3,(H,23,27). The lowest BCUT2D eigenvalue weighted by Gasteiger charge is -2.32. The van der Waals surface area contributed by atoms with Gasteiger partial charge in [0.05, 0.1) is 4.90 Å². The molecule has 0 atom stereocenters. The van der Waals surface area contributed by atoms with Crippen molar-refractivity contribution in [3.8, 4) is 0 Å². The van der Waals surface area contributed by atoms with E-state index in [0.29, 0.717) is 32.1 Å². The third kappa shape index (κ3) is 5.47. The molecule has 1 saturated heterocycles. The van der Waals surface area contributed by atoms with Crippen molar-refractivity contribution >= 4 is 21.9 Å². The number of anilines is 1. The SMILES string of the molecule is CCN(CC)S(=O)(=O)c1ccc(=O)n(CC(=O)NC2CCN(c3ncccn3)CC2)c1. The number of piperidine rings is 1. The molecule has 11 heteroatoms. The highest BCUT2D eigenvalue weighted by Crippen LogP contribution is 2.16. The van der Waals surface area contributed by atoms with Crippen molar-refractivity contribution in [1.82, 2.24) is 24.2 Å². The Hall–Kier alpha value is -2.79. The molecule has 1 aliphatic heterocycles. The summed E-state index contributed by atoms with van der Waals surface area (Å²) in [6.45, 7) is 5.34. The summed E-state index contributed by atoms with van der Waals surface area (Å²) in [4.78, 5) is 35.3. The van der Waals surface area contributed by atoms with E-state index >= 15 is 0 Å². The molecule has 31 heavy (non-hydrogen) atoms. The molecule has 1 N–H and O–H groups in total. The van der Waals surface area contributed by atoms with Gasteiger partial charge in [0.15, 0.2) is 0 Å². The van der Waals surface area contributed by atoms with Gasteiger partial charge in [-0.05, 0) is 25.0 Å². The van der Waals surface area contributed by atoms with E-state index in [1.54, 1.807) is 32.3 Å². The number of nitrogens with zero attached hydrogens (tertiary/aromatic N) is 5. The van der Waals surface area contributed by atoms with E-state index in [-0.39, 0.29) is 23.4 Å². The minimum atomic E-state index is -3.71. The van der Waals surface area contributed by atoms with Crippen LogP contribution in [-0.2, 0) is 21.4 Å². The number of hydrogen-bond acceptors (Lipinski definition) is 7. The molecule has 0 aromatic carbocycles. The lowest BCUT2D eigenvalue weighted by Crippen LogP contribution is -2.46. The first kappa shape index (κ1) is 22.9. The van der Waals surface area contributed by atoms with Crippen molar-refractivity contribution < 1.29 is 13.2 Å². The number of pyridine rings is 1. The van der Waals surface area contributed by atoms with E-state index in [9.17, 15) is 18.0 Å². The molecule has 0 aliphatic carbocycles. The molecule has 3 rings (SSSR count). The van der Waals surface area contributed by atoms with E-state index in [2.05, 4.69) is 20.2 Å². The van der Waals surface area contributed by atoms with Crippen molar-refractivity contribution in [2.24, 2.45) is 0 Å². The molecule has 1 fully saturated rings. The summed E-state index contributed by atoms with van der Waals surface area (Å²) in [5.41, 5.74) is -0.426. The number of carbonyl (C=O) groups is 1. The van der Waals surface area contributed by atoms with Crippen LogP contribution in [0.5, 0.6) is 0 Å². The lowest BCUT2D eigenvalue weighted by molar-refractivity contribution is -0.122. The summed E-state index contributed by atoms with van der Waals surface area (Å²) < 4.78 is 27.9. The second kappa shape index (κ2) is 10.0. The molecule has 1 amide bonds. The fourth-order valence-electron chi connectivity index (χ4n) is 3.60. The average Bonchev–Trinajstić information content (AvgIpc) is 2.77. The molecule has 168 valence electrons. The quantitative estimate of drug-likeness (QED) is 0.623. The zero-order valence-corrected chi connectivity index (χ0v) is 18.6. The van der Waals surface area contributed by atoms with Crippen molar-refractivity contribution in [3.63, 3.8) is 0 Å². The van der Waals surface area contributed by atoms with Crippen LogP contribution < -0.4 is 15.8 Å². The predicted molar refractivity (Wildman–Crippen MR) is 116 cm³/mol. The van der Waals surface area contributed by atoms with Gasteiger partial charge in [-0.15, -0.1) is 0 Å². The van der Waals surface area contributed by atoms with Gasteiger partial charge in [0.25, 0.3) is 5.56 Å². The smallest absolute Gasteiger partial charge is 0.251 e. The van der Waals surface area contributed by atoms with Crippen LogP contribution in [-0.4, -0.2) is 65.4 Å². The maximum Gasteiger partial charge on any atom is 0.251 e. The maximum atomic E-state index is 12.7. The van der Waals surface area contributed by atoms with E-state index < -0.39 is 15.6 Å². The van der Waals surface area contributed by atoms with Crippen LogP contribution in [0.1, 0.15) is 26.7 Å². The molecule has 3 heterocycles. The number of amides is 1. The highest BCUT2D eigenvalue weighted by Gasteiger charge is 2.24. The number of rotatable bonds is 8. The monoisotopic (exact) mass is 448 g/mol. The fourth-order valence-corrected chi connectivity index (χ4v) is 5.08. The second-order valence-corrected chi connectivity index (χ2v) is 9.24. The van der Waals surface area contributed by atoms with Crippen molar-refractivity contribution in [2.75, 3.05) is 31.1 Å². The molecule has 0 spiro atoms. The van der Waals surface area contributed by atoms with Crippen LogP contribution in [0.2, 0.25) is 0 Å². The van der Waals surface area contributed by atoms with Crippen molar-refractivity contribution in [3.05, 3.63) is 47.1 Å². The number of aromatic nitrogens is 3. The summed E-state index contributed by atoms with van der Waals surface area (Å²) in [6.07, 6.45) is 6.10. The van der Waals surface area contributed by atoms with E-state index in [0.717, 1.165) is 17.4 Å². The topological polar surface area (TPSA) is 118 Å². The Kier molecular flexibility index (Phi) is 7.39. The molecule has 2 aromatic heterocycles. The van der Waals surface area contributed by atoms with E-state index in [4.69, 9.17) is 0 Å². The molecular weight excluding hydrogens is 420 g/mol. The first-order chi connectivity index (χ1) is 14.8. The molecule has 0 radical (unpaired) electrons. The molecule has 0 unspecified atom stereocenters. The van der Waals surface area contributed by atoms with Crippen LogP contribution in [0.15, 0.2) is 46.5 Å². The normalized spacial score (nSPS) is 15.3. The third-order valence-corrected chi connectivity index (χ3v) is 7.34. The van der Waals surface area contributed by atoms with Gasteiger partial charge in [0, 0.05) is 56.9 Å². The van der Waals surface area contributed by atoms with Gasteiger partial charge in [-0.1, -0.05) is 13.8 Å². The number of carbonyl (C=O) groups excluding carboxylic acids is 1. The second-order valence-electron chi connectivity index (χ2n) is 7.30. The molecular formula is C20H28N6O4S. The first-order valence-electron chi connectivity index (χ1n) is 10.4. The lowest BCUT2D eigenvalue weighted by atomic mass is 10.1. The van der Waals surface area contributed by atoms with Crippen molar-refractivity contribution in [2.45, 2.75) is 44.2 Å². The van der Waals surface area contributed by atoms with Gasteiger partial charge in [0.1, 0.15) is 6.54 Å². The molecule has 10 nitrogen and oxygen atoms in total. The minimum Gasteiger partial charge on any atom is -0.352 e. The number of sulfonamides is 1. The Bertz CT molecular complexity index is 1040. The Morgan fingerprint density at radius 3 is 2.42 bits per heavy atom. The Morgan fingerprint density at radius 2 is 1.81 bits per heavy atom. The number of nitrogens with one attached hydrogen (secondary N) is 1. The average molecular weight is 449 g/mol. The summed E-state index contributed by atoms with van der Waals surface area (Å²) in [5.74, 6) is 0.346. The van der Waals surface area contributed by atoms with Crippen LogP contribution in [0, 0.1) is 0 Å². The van der Waals surface area contributed by atoms with E-state index in [1.807, 2.05) is 0 Å². The van der Waals surface area contributed by atoms with Crippen LogP contribution in [0.4, 0.5) is 5.95 Å². The summed E-state index contributed by atoms with van der Waals surface area (Å²) >= 11 is 0. The maximum absolute atomic E-state index is 12.7. The van der Waals surface area contributed by atoms with E-state index in [1.165, 1.54) is 22.6 Å². The van der Waals surface area contributed by atoms with Crippen LogP contribution in [0.25, 0.3) is 0 Å². The first-order valence-corrected chi connectivity index (χ1v) is 11.8.